The van der Waals surface area contributed by atoms with Gasteiger partial charge < -0.3 is 10.5 Å². The van der Waals surface area contributed by atoms with Crippen LogP contribution in [0.15, 0.2) is 6.20 Å². The Hall–Kier alpha value is -0.850. The summed E-state index contributed by atoms with van der Waals surface area (Å²) in [6, 6.07) is 0.317. The highest BCUT2D eigenvalue weighted by Crippen LogP contribution is 2.18. The number of methoxy groups -OCH3 is 1. The molecule has 0 aliphatic rings. The molecule has 1 aromatic rings. The molecule has 0 aliphatic heterocycles. The lowest BCUT2D eigenvalue weighted by Crippen LogP contribution is -2.36. The summed E-state index contributed by atoms with van der Waals surface area (Å²) in [6.45, 7) is 5.16. The molecule has 1 aromatic heterocycles. The second-order valence-electron chi connectivity index (χ2n) is 3.90. The molecule has 0 saturated carbocycles. The quantitative estimate of drug-likeness (QED) is 0.812. The lowest BCUT2D eigenvalue weighted by molar-refractivity contribution is -0.142. The standard InChI is InChI=1S/C11H19N3O2S.ClH/c1-4-8(2)14(7-10(15)16-3)6-9-5-13-11(12)17-9;/h5,8H,4,6-7H2,1-3H3,(H2,12,13);1H. The summed E-state index contributed by atoms with van der Waals surface area (Å²) in [5, 5.41) is 0.558. The Morgan fingerprint density at radius 3 is 2.78 bits per heavy atom. The molecule has 0 radical (unpaired) electrons. The van der Waals surface area contributed by atoms with Gasteiger partial charge in [-0.25, -0.2) is 4.98 Å². The fourth-order valence-corrected chi connectivity index (χ4v) is 2.16. The van der Waals surface area contributed by atoms with Crippen molar-refractivity contribution in [2.45, 2.75) is 32.9 Å². The van der Waals surface area contributed by atoms with Crippen molar-refractivity contribution in [1.29, 1.82) is 0 Å². The molecule has 0 saturated heterocycles. The minimum absolute atomic E-state index is 0. The number of carbonyl (C=O) groups excluding carboxylic acids is 1. The van der Waals surface area contributed by atoms with Crippen molar-refractivity contribution >= 4 is 34.8 Å². The Morgan fingerprint density at radius 2 is 2.33 bits per heavy atom. The molecule has 1 heterocycles. The van der Waals surface area contributed by atoms with Gasteiger partial charge in [0.25, 0.3) is 0 Å². The number of carbonyl (C=O) groups is 1. The van der Waals surface area contributed by atoms with Crippen molar-refractivity contribution in [2.24, 2.45) is 0 Å². The van der Waals surface area contributed by atoms with Crippen molar-refractivity contribution in [3.63, 3.8) is 0 Å². The highest BCUT2D eigenvalue weighted by atomic mass is 35.5. The van der Waals surface area contributed by atoms with Gasteiger partial charge in [0.1, 0.15) is 0 Å². The molecule has 5 nitrogen and oxygen atoms in total. The lowest BCUT2D eigenvalue weighted by atomic mass is 10.2. The maximum atomic E-state index is 11.3. The number of nitrogens with zero attached hydrogens (tertiary/aromatic N) is 2. The van der Waals surface area contributed by atoms with E-state index in [1.54, 1.807) is 6.20 Å². The molecule has 0 aliphatic carbocycles. The first-order chi connectivity index (χ1) is 8.06. The third-order valence-corrected chi connectivity index (χ3v) is 3.52. The van der Waals surface area contributed by atoms with E-state index in [4.69, 9.17) is 10.5 Å². The summed E-state index contributed by atoms with van der Waals surface area (Å²) < 4.78 is 4.70. The average Bonchev–Trinajstić information content (AvgIpc) is 2.72. The molecule has 0 amide bonds. The van der Waals surface area contributed by atoms with E-state index in [0.717, 1.165) is 11.3 Å². The second-order valence-corrected chi connectivity index (χ2v) is 5.05. The Morgan fingerprint density at radius 1 is 1.67 bits per heavy atom. The fourth-order valence-electron chi connectivity index (χ4n) is 1.45. The number of nitrogen functional groups attached to an aromatic ring is 1. The minimum Gasteiger partial charge on any atom is -0.468 e. The van der Waals surface area contributed by atoms with Crippen molar-refractivity contribution in [3.05, 3.63) is 11.1 Å². The highest BCUT2D eigenvalue weighted by molar-refractivity contribution is 7.15. The van der Waals surface area contributed by atoms with Gasteiger partial charge in [-0.3, -0.25) is 9.69 Å². The van der Waals surface area contributed by atoms with E-state index in [0.29, 0.717) is 24.3 Å². The maximum Gasteiger partial charge on any atom is 0.319 e. The third kappa shape index (κ3) is 5.20. The monoisotopic (exact) mass is 293 g/mol. The van der Waals surface area contributed by atoms with E-state index in [1.165, 1.54) is 18.4 Å². The van der Waals surface area contributed by atoms with Gasteiger partial charge in [-0.1, -0.05) is 6.92 Å². The molecule has 104 valence electrons. The predicted molar refractivity (Wildman–Crippen MR) is 76.0 cm³/mol. The van der Waals surface area contributed by atoms with Crippen LogP contribution in [0.25, 0.3) is 0 Å². The lowest BCUT2D eigenvalue weighted by Gasteiger charge is -2.26. The highest BCUT2D eigenvalue weighted by Gasteiger charge is 2.17. The normalized spacial score (nSPS) is 12.0. The number of rotatable bonds is 6. The van der Waals surface area contributed by atoms with Gasteiger partial charge in [0, 0.05) is 23.7 Å². The van der Waals surface area contributed by atoms with Crippen LogP contribution < -0.4 is 5.73 Å². The van der Waals surface area contributed by atoms with Crippen LogP contribution in [0, 0.1) is 0 Å². The summed E-state index contributed by atoms with van der Waals surface area (Å²) in [5.74, 6) is -0.220. The van der Waals surface area contributed by atoms with Gasteiger partial charge in [0.15, 0.2) is 5.13 Å². The number of esters is 1. The van der Waals surface area contributed by atoms with Crippen LogP contribution in [0.2, 0.25) is 0 Å². The molecule has 1 unspecified atom stereocenters. The van der Waals surface area contributed by atoms with Crippen LogP contribution in [0.5, 0.6) is 0 Å². The molecule has 1 atom stereocenters. The average molecular weight is 294 g/mol. The van der Waals surface area contributed by atoms with E-state index in [9.17, 15) is 4.79 Å². The number of hydrogen-bond donors (Lipinski definition) is 1. The number of aromatic nitrogens is 1. The summed E-state index contributed by atoms with van der Waals surface area (Å²) in [6.07, 6.45) is 2.73. The van der Waals surface area contributed by atoms with Crippen molar-refractivity contribution < 1.29 is 9.53 Å². The molecule has 1 rings (SSSR count). The zero-order chi connectivity index (χ0) is 12.8. The molecule has 2 N–H and O–H groups in total. The summed E-state index contributed by atoms with van der Waals surface area (Å²) in [5.41, 5.74) is 5.59. The largest absolute Gasteiger partial charge is 0.468 e. The number of halogens is 1. The first-order valence-electron chi connectivity index (χ1n) is 5.57. The Balaban J connectivity index is 0.00000289. The third-order valence-electron chi connectivity index (χ3n) is 2.70. The molecular weight excluding hydrogens is 274 g/mol. The van der Waals surface area contributed by atoms with Crippen LogP contribution >= 0.6 is 23.7 Å². The predicted octanol–water partition coefficient (Wildman–Crippen LogP) is 1.92. The van der Waals surface area contributed by atoms with Gasteiger partial charge in [0.05, 0.1) is 13.7 Å². The van der Waals surface area contributed by atoms with Crippen LogP contribution in [0.4, 0.5) is 5.13 Å². The van der Waals surface area contributed by atoms with E-state index < -0.39 is 0 Å². The summed E-state index contributed by atoms with van der Waals surface area (Å²) in [4.78, 5) is 18.5. The zero-order valence-electron chi connectivity index (χ0n) is 10.9. The maximum absolute atomic E-state index is 11.3. The molecule has 0 spiro atoms. The molecule has 18 heavy (non-hydrogen) atoms. The van der Waals surface area contributed by atoms with Crippen LogP contribution in [0.1, 0.15) is 25.1 Å². The van der Waals surface area contributed by atoms with Crippen LogP contribution in [0.3, 0.4) is 0 Å². The van der Waals surface area contributed by atoms with Crippen molar-refractivity contribution in [3.8, 4) is 0 Å². The molecular formula is C11H20ClN3O2S. The van der Waals surface area contributed by atoms with Crippen LogP contribution in [-0.2, 0) is 16.1 Å². The first-order valence-corrected chi connectivity index (χ1v) is 6.39. The van der Waals surface area contributed by atoms with E-state index in [2.05, 4.69) is 23.7 Å². The number of nitrogens with two attached hydrogens (primary N) is 1. The number of anilines is 1. The number of hydrogen-bond acceptors (Lipinski definition) is 6. The second kappa shape index (κ2) is 8.29. The van der Waals surface area contributed by atoms with Crippen molar-refractivity contribution in [1.82, 2.24) is 9.88 Å². The SMILES string of the molecule is CCC(C)N(CC(=O)OC)Cc1cnc(N)s1.Cl. The van der Waals surface area contributed by atoms with Gasteiger partial charge in [-0.15, -0.1) is 23.7 Å². The van der Waals surface area contributed by atoms with Gasteiger partial charge in [-0.05, 0) is 13.3 Å². The molecule has 0 fully saturated rings. The van der Waals surface area contributed by atoms with Gasteiger partial charge in [0.2, 0.25) is 0 Å². The van der Waals surface area contributed by atoms with Gasteiger partial charge in [-0.2, -0.15) is 0 Å². The fraction of sp³-hybridized carbons (Fsp3) is 0.636. The minimum atomic E-state index is -0.220. The smallest absolute Gasteiger partial charge is 0.319 e. The first kappa shape index (κ1) is 17.2. The number of thiazole rings is 1. The summed E-state index contributed by atoms with van der Waals surface area (Å²) >= 11 is 1.45. The Bertz CT molecular complexity index is 373. The zero-order valence-corrected chi connectivity index (χ0v) is 12.5. The van der Waals surface area contributed by atoms with E-state index in [1.807, 2.05) is 0 Å². The molecule has 0 aromatic carbocycles. The Labute approximate surface area is 118 Å². The van der Waals surface area contributed by atoms with Gasteiger partial charge >= 0.3 is 5.97 Å². The molecule has 0 bridgehead atoms. The molecule has 7 heteroatoms. The van der Waals surface area contributed by atoms with Crippen molar-refractivity contribution in [2.75, 3.05) is 19.4 Å². The van der Waals surface area contributed by atoms with E-state index in [-0.39, 0.29) is 18.4 Å². The topological polar surface area (TPSA) is 68.5 Å². The Kier molecular flexibility index (Phi) is 7.90. The van der Waals surface area contributed by atoms with E-state index >= 15 is 0 Å². The van der Waals surface area contributed by atoms with Crippen LogP contribution in [-0.4, -0.2) is 35.5 Å². The number of ether oxygens (including phenoxy) is 1. The summed E-state index contributed by atoms with van der Waals surface area (Å²) in [7, 11) is 1.40.